The molecule has 0 amide bonds. The molecule has 1 N–H and O–H groups in total. The van der Waals surface area contributed by atoms with E-state index in [0.29, 0.717) is 6.61 Å². The first-order valence-electron chi connectivity index (χ1n) is 6.61. The number of hydrogen-bond donors (Lipinski definition) is 1. The normalized spacial score (nSPS) is 24.9. The van der Waals surface area contributed by atoms with Crippen LogP contribution in [-0.2, 0) is 4.74 Å². The third-order valence-corrected chi connectivity index (χ3v) is 4.16. The Morgan fingerprint density at radius 3 is 2.56 bits per heavy atom. The van der Waals surface area contributed by atoms with Crippen molar-refractivity contribution in [1.29, 1.82) is 0 Å². The van der Waals surface area contributed by atoms with E-state index >= 15 is 0 Å². The monoisotopic (exact) mass is 227 g/mol. The number of aliphatic hydroxyl groups excluding tert-OH is 1. The van der Waals surface area contributed by atoms with E-state index in [4.69, 9.17) is 4.74 Å². The van der Waals surface area contributed by atoms with Crippen molar-refractivity contribution in [3.05, 3.63) is 0 Å². The summed E-state index contributed by atoms with van der Waals surface area (Å²) in [5.41, 5.74) is 0.268. The van der Waals surface area contributed by atoms with Crippen molar-refractivity contribution < 1.29 is 9.84 Å². The van der Waals surface area contributed by atoms with Gasteiger partial charge in [-0.15, -0.1) is 0 Å². The van der Waals surface area contributed by atoms with Gasteiger partial charge in [-0.25, -0.2) is 0 Å². The number of ether oxygens (including phenoxy) is 1. The molecule has 2 fully saturated rings. The third kappa shape index (κ3) is 3.44. The second-order valence-corrected chi connectivity index (χ2v) is 5.74. The highest BCUT2D eigenvalue weighted by Gasteiger charge is 2.42. The van der Waals surface area contributed by atoms with Gasteiger partial charge < -0.3 is 14.7 Å². The van der Waals surface area contributed by atoms with Gasteiger partial charge in [0.05, 0.1) is 0 Å². The standard InChI is InChI=1S/C13H25NO2/c1-14(10-13(11-15)5-6-13)7-2-12-3-8-16-9-4-12/h12,15H,2-11H2,1H3. The Morgan fingerprint density at radius 1 is 1.31 bits per heavy atom. The van der Waals surface area contributed by atoms with Crippen molar-refractivity contribution in [2.24, 2.45) is 11.3 Å². The van der Waals surface area contributed by atoms with E-state index in [0.717, 1.165) is 25.7 Å². The zero-order chi connectivity index (χ0) is 11.4. The Kier molecular flexibility index (Phi) is 4.22. The summed E-state index contributed by atoms with van der Waals surface area (Å²) < 4.78 is 5.37. The van der Waals surface area contributed by atoms with Gasteiger partial charge in [0, 0.05) is 31.8 Å². The largest absolute Gasteiger partial charge is 0.396 e. The molecule has 0 aromatic carbocycles. The zero-order valence-corrected chi connectivity index (χ0v) is 10.5. The minimum atomic E-state index is 0.268. The molecular formula is C13H25NO2. The van der Waals surface area contributed by atoms with Gasteiger partial charge in [0.1, 0.15) is 0 Å². The van der Waals surface area contributed by atoms with Gasteiger partial charge in [0.2, 0.25) is 0 Å². The first kappa shape index (κ1) is 12.3. The van der Waals surface area contributed by atoms with Crippen LogP contribution in [0, 0.1) is 11.3 Å². The molecule has 0 atom stereocenters. The van der Waals surface area contributed by atoms with Crippen LogP contribution >= 0.6 is 0 Å². The van der Waals surface area contributed by atoms with Gasteiger partial charge in [-0.05, 0) is 51.6 Å². The summed E-state index contributed by atoms with van der Waals surface area (Å²) in [5.74, 6) is 0.862. The van der Waals surface area contributed by atoms with E-state index in [2.05, 4.69) is 11.9 Å². The van der Waals surface area contributed by atoms with Crippen LogP contribution in [-0.4, -0.2) is 50.0 Å². The second kappa shape index (κ2) is 5.48. The molecule has 0 radical (unpaired) electrons. The minimum absolute atomic E-state index is 0.268. The highest BCUT2D eigenvalue weighted by Crippen LogP contribution is 2.45. The lowest BCUT2D eigenvalue weighted by molar-refractivity contribution is 0.0596. The van der Waals surface area contributed by atoms with Crippen molar-refractivity contribution in [1.82, 2.24) is 4.90 Å². The number of aliphatic hydroxyl groups is 1. The molecule has 0 bridgehead atoms. The Hall–Kier alpha value is -0.120. The van der Waals surface area contributed by atoms with Crippen LogP contribution in [0.1, 0.15) is 32.1 Å². The molecule has 1 aliphatic carbocycles. The Morgan fingerprint density at radius 2 is 2.00 bits per heavy atom. The molecular weight excluding hydrogens is 202 g/mol. The van der Waals surface area contributed by atoms with Gasteiger partial charge in [-0.2, -0.15) is 0 Å². The van der Waals surface area contributed by atoms with Crippen LogP contribution in [0.4, 0.5) is 0 Å². The van der Waals surface area contributed by atoms with Gasteiger partial charge >= 0.3 is 0 Å². The van der Waals surface area contributed by atoms with E-state index < -0.39 is 0 Å². The molecule has 0 aromatic rings. The van der Waals surface area contributed by atoms with Gasteiger partial charge in [-0.3, -0.25) is 0 Å². The summed E-state index contributed by atoms with van der Waals surface area (Å²) in [6.45, 7) is 4.53. The van der Waals surface area contributed by atoms with Crippen LogP contribution in [0.25, 0.3) is 0 Å². The van der Waals surface area contributed by atoms with E-state index in [-0.39, 0.29) is 5.41 Å². The Labute approximate surface area is 98.8 Å². The number of hydrogen-bond acceptors (Lipinski definition) is 3. The molecule has 16 heavy (non-hydrogen) atoms. The van der Waals surface area contributed by atoms with Crippen LogP contribution in [0.3, 0.4) is 0 Å². The Bertz CT molecular complexity index is 210. The summed E-state index contributed by atoms with van der Waals surface area (Å²) in [5, 5.41) is 9.28. The fourth-order valence-corrected chi connectivity index (χ4v) is 2.63. The lowest BCUT2D eigenvalue weighted by Gasteiger charge is -2.26. The maximum absolute atomic E-state index is 9.28. The second-order valence-electron chi connectivity index (χ2n) is 5.74. The molecule has 94 valence electrons. The quantitative estimate of drug-likeness (QED) is 0.746. The van der Waals surface area contributed by atoms with Crippen LogP contribution in [0.5, 0.6) is 0 Å². The average Bonchev–Trinajstić information content (AvgIpc) is 3.08. The minimum Gasteiger partial charge on any atom is -0.396 e. The molecule has 0 spiro atoms. The van der Waals surface area contributed by atoms with Gasteiger partial charge in [-0.1, -0.05) is 0 Å². The maximum atomic E-state index is 9.28. The SMILES string of the molecule is CN(CCC1CCOCC1)CC1(CO)CC1. The van der Waals surface area contributed by atoms with Crippen molar-refractivity contribution in [3.8, 4) is 0 Å². The highest BCUT2D eigenvalue weighted by atomic mass is 16.5. The van der Waals surface area contributed by atoms with E-state index in [1.807, 2.05) is 0 Å². The van der Waals surface area contributed by atoms with E-state index in [1.165, 1.54) is 38.6 Å². The summed E-state index contributed by atoms with van der Waals surface area (Å²) >= 11 is 0. The molecule has 0 aromatic heterocycles. The first-order valence-corrected chi connectivity index (χ1v) is 6.61. The summed E-state index contributed by atoms with van der Waals surface area (Å²) in [4.78, 5) is 2.40. The average molecular weight is 227 g/mol. The fraction of sp³-hybridized carbons (Fsp3) is 1.00. The predicted octanol–water partition coefficient (Wildman–Crippen LogP) is 1.51. The van der Waals surface area contributed by atoms with Crippen molar-refractivity contribution in [2.45, 2.75) is 32.1 Å². The molecule has 2 aliphatic rings. The van der Waals surface area contributed by atoms with Crippen molar-refractivity contribution in [3.63, 3.8) is 0 Å². The summed E-state index contributed by atoms with van der Waals surface area (Å²) in [7, 11) is 2.19. The lowest BCUT2D eigenvalue weighted by Crippen LogP contribution is -2.31. The molecule has 1 heterocycles. The molecule has 2 rings (SSSR count). The predicted molar refractivity (Wildman–Crippen MR) is 64.4 cm³/mol. The molecule has 1 saturated heterocycles. The molecule has 3 nitrogen and oxygen atoms in total. The van der Waals surface area contributed by atoms with Crippen LogP contribution in [0.15, 0.2) is 0 Å². The number of nitrogens with zero attached hydrogens (tertiary/aromatic N) is 1. The van der Waals surface area contributed by atoms with Crippen LogP contribution in [0.2, 0.25) is 0 Å². The number of rotatable bonds is 6. The topological polar surface area (TPSA) is 32.7 Å². The van der Waals surface area contributed by atoms with E-state index in [9.17, 15) is 5.11 Å². The van der Waals surface area contributed by atoms with Gasteiger partial charge in [0.25, 0.3) is 0 Å². The lowest BCUT2D eigenvalue weighted by atomic mass is 9.96. The van der Waals surface area contributed by atoms with E-state index in [1.54, 1.807) is 0 Å². The molecule has 0 unspecified atom stereocenters. The smallest absolute Gasteiger partial charge is 0.0499 e. The third-order valence-electron chi connectivity index (χ3n) is 4.16. The van der Waals surface area contributed by atoms with Crippen molar-refractivity contribution >= 4 is 0 Å². The maximum Gasteiger partial charge on any atom is 0.0499 e. The summed E-state index contributed by atoms with van der Waals surface area (Å²) in [6.07, 6.45) is 6.19. The van der Waals surface area contributed by atoms with Crippen LogP contribution < -0.4 is 0 Å². The fourth-order valence-electron chi connectivity index (χ4n) is 2.63. The highest BCUT2D eigenvalue weighted by molar-refractivity contribution is 4.94. The zero-order valence-electron chi connectivity index (χ0n) is 10.5. The molecule has 3 heteroatoms. The van der Waals surface area contributed by atoms with Crippen molar-refractivity contribution in [2.75, 3.05) is 40.0 Å². The Balaban J connectivity index is 1.61. The molecule has 1 saturated carbocycles. The molecule has 1 aliphatic heterocycles. The summed E-state index contributed by atoms with van der Waals surface area (Å²) in [6, 6.07) is 0. The van der Waals surface area contributed by atoms with Gasteiger partial charge in [0.15, 0.2) is 0 Å². The first-order chi connectivity index (χ1) is 7.74.